The lowest BCUT2D eigenvalue weighted by molar-refractivity contribution is 0.305. The molecule has 3 heteroatoms. The highest BCUT2D eigenvalue weighted by atomic mass is 35.5. The van der Waals surface area contributed by atoms with E-state index in [-0.39, 0.29) is 0 Å². The molecule has 0 radical (unpaired) electrons. The Morgan fingerprint density at radius 1 is 1.00 bits per heavy atom. The summed E-state index contributed by atoms with van der Waals surface area (Å²) in [6.07, 6.45) is 4.94. The first-order valence-electron chi connectivity index (χ1n) is 7.48. The second-order valence-electron chi connectivity index (χ2n) is 5.56. The lowest BCUT2D eigenvalue weighted by Crippen LogP contribution is -2.04. The van der Waals surface area contributed by atoms with E-state index in [4.69, 9.17) is 22.1 Å². The van der Waals surface area contributed by atoms with Crippen LogP contribution >= 0.6 is 11.6 Å². The number of halogens is 1. The van der Waals surface area contributed by atoms with Gasteiger partial charge < -0.3 is 10.5 Å². The van der Waals surface area contributed by atoms with Crippen LogP contribution in [0.3, 0.4) is 0 Å². The van der Waals surface area contributed by atoms with E-state index < -0.39 is 0 Å². The minimum Gasteiger partial charge on any atom is -0.489 e. The van der Waals surface area contributed by atoms with Crippen molar-refractivity contribution < 1.29 is 4.74 Å². The van der Waals surface area contributed by atoms with Crippen molar-refractivity contribution >= 4 is 11.6 Å². The van der Waals surface area contributed by atoms with Crippen molar-refractivity contribution in [2.24, 2.45) is 5.73 Å². The summed E-state index contributed by atoms with van der Waals surface area (Å²) in [4.78, 5) is 0. The van der Waals surface area contributed by atoms with E-state index >= 15 is 0 Å². The Balaban J connectivity index is 1.70. The molecular weight excluding hydrogens is 282 g/mol. The number of aryl methyl sites for hydroxylation is 2. The van der Waals surface area contributed by atoms with Crippen LogP contribution in [0.25, 0.3) is 0 Å². The third-order valence-electron chi connectivity index (χ3n) is 4.07. The van der Waals surface area contributed by atoms with Crippen LogP contribution in [0.5, 0.6) is 5.75 Å². The third kappa shape index (κ3) is 3.39. The number of fused-ring (bicyclic) bond motifs is 1. The zero-order chi connectivity index (χ0) is 14.7. The van der Waals surface area contributed by atoms with E-state index in [1.165, 1.54) is 36.8 Å². The summed E-state index contributed by atoms with van der Waals surface area (Å²) < 4.78 is 5.90. The maximum atomic E-state index is 6.25. The molecule has 0 spiro atoms. The Morgan fingerprint density at radius 2 is 1.81 bits per heavy atom. The van der Waals surface area contributed by atoms with E-state index in [2.05, 4.69) is 18.2 Å². The van der Waals surface area contributed by atoms with Crippen molar-refractivity contribution in [2.45, 2.75) is 38.8 Å². The van der Waals surface area contributed by atoms with Crippen molar-refractivity contribution in [1.82, 2.24) is 0 Å². The quantitative estimate of drug-likeness (QED) is 0.916. The predicted molar refractivity (Wildman–Crippen MR) is 86.8 cm³/mol. The monoisotopic (exact) mass is 301 g/mol. The summed E-state index contributed by atoms with van der Waals surface area (Å²) in [5, 5.41) is 0.718. The van der Waals surface area contributed by atoms with Gasteiger partial charge in [-0.1, -0.05) is 29.8 Å². The molecule has 2 N–H and O–H groups in total. The predicted octanol–water partition coefficient (Wildman–Crippen LogP) is 4.26. The van der Waals surface area contributed by atoms with Crippen LogP contribution < -0.4 is 10.5 Å². The number of hydrogen-bond donors (Lipinski definition) is 1. The average Bonchev–Trinajstić information content (AvgIpc) is 2.53. The van der Waals surface area contributed by atoms with Crippen LogP contribution in [-0.4, -0.2) is 0 Å². The molecule has 1 aliphatic rings. The van der Waals surface area contributed by atoms with Gasteiger partial charge in [0.1, 0.15) is 12.4 Å². The first kappa shape index (κ1) is 14.4. The van der Waals surface area contributed by atoms with Crippen molar-refractivity contribution in [3.05, 3.63) is 63.7 Å². The molecule has 0 aromatic heterocycles. The normalized spacial score (nSPS) is 13.8. The zero-order valence-electron chi connectivity index (χ0n) is 12.1. The summed E-state index contributed by atoms with van der Waals surface area (Å²) in [5.74, 6) is 0.926. The second kappa shape index (κ2) is 6.50. The molecule has 2 aromatic rings. The van der Waals surface area contributed by atoms with Gasteiger partial charge in [0.15, 0.2) is 0 Å². The van der Waals surface area contributed by atoms with Crippen LogP contribution in [0.1, 0.15) is 35.1 Å². The molecule has 2 nitrogen and oxygen atoms in total. The highest BCUT2D eigenvalue weighted by molar-refractivity contribution is 6.31. The first-order valence-corrected chi connectivity index (χ1v) is 7.86. The van der Waals surface area contributed by atoms with Gasteiger partial charge in [0.25, 0.3) is 0 Å². The summed E-state index contributed by atoms with van der Waals surface area (Å²) in [6, 6.07) is 12.3. The fourth-order valence-corrected chi connectivity index (χ4v) is 3.05. The molecule has 0 unspecified atom stereocenters. The van der Waals surface area contributed by atoms with E-state index in [1.807, 2.05) is 18.2 Å². The Morgan fingerprint density at radius 3 is 2.57 bits per heavy atom. The first-order chi connectivity index (χ1) is 10.3. The number of rotatable bonds is 4. The molecule has 0 fully saturated rings. The van der Waals surface area contributed by atoms with Crippen molar-refractivity contribution in [3.63, 3.8) is 0 Å². The lowest BCUT2D eigenvalue weighted by atomic mass is 9.92. The van der Waals surface area contributed by atoms with Gasteiger partial charge in [0, 0.05) is 17.1 Å². The van der Waals surface area contributed by atoms with Gasteiger partial charge >= 0.3 is 0 Å². The van der Waals surface area contributed by atoms with E-state index in [0.29, 0.717) is 13.2 Å². The van der Waals surface area contributed by atoms with Gasteiger partial charge in [-0.2, -0.15) is 0 Å². The summed E-state index contributed by atoms with van der Waals surface area (Å²) in [5.41, 5.74) is 10.5. The van der Waals surface area contributed by atoms with Gasteiger partial charge in [-0.05, 0) is 60.6 Å². The van der Waals surface area contributed by atoms with Gasteiger partial charge in [0.2, 0.25) is 0 Å². The van der Waals surface area contributed by atoms with Gasteiger partial charge in [0.05, 0.1) is 0 Å². The van der Waals surface area contributed by atoms with E-state index in [1.54, 1.807) is 0 Å². The maximum Gasteiger partial charge on any atom is 0.120 e. The number of hydrogen-bond acceptors (Lipinski definition) is 2. The maximum absolute atomic E-state index is 6.25. The minimum atomic E-state index is 0.489. The molecule has 0 bridgehead atoms. The van der Waals surface area contributed by atoms with Gasteiger partial charge in [-0.15, -0.1) is 0 Å². The van der Waals surface area contributed by atoms with Gasteiger partial charge in [-0.25, -0.2) is 0 Å². The SMILES string of the molecule is NCc1ccc(COc2ccc3c(c2)CCCC3)c(Cl)c1. The minimum absolute atomic E-state index is 0.489. The van der Waals surface area contributed by atoms with Crippen molar-refractivity contribution in [1.29, 1.82) is 0 Å². The number of ether oxygens (including phenoxy) is 1. The Hall–Kier alpha value is -1.51. The summed E-state index contributed by atoms with van der Waals surface area (Å²) in [6.45, 7) is 0.994. The molecule has 3 rings (SSSR count). The van der Waals surface area contributed by atoms with E-state index in [9.17, 15) is 0 Å². The molecule has 21 heavy (non-hydrogen) atoms. The zero-order valence-corrected chi connectivity index (χ0v) is 12.8. The van der Waals surface area contributed by atoms with Crippen molar-refractivity contribution in [3.8, 4) is 5.75 Å². The molecule has 0 heterocycles. The summed E-state index contributed by atoms with van der Waals surface area (Å²) in [7, 11) is 0. The topological polar surface area (TPSA) is 35.2 Å². The molecular formula is C18H20ClNO. The Kier molecular flexibility index (Phi) is 4.47. The van der Waals surface area contributed by atoms with E-state index in [0.717, 1.165) is 21.9 Å². The molecule has 0 amide bonds. The molecule has 0 saturated carbocycles. The fourth-order valence-electron chi connectivity index (χ4n) is 2.80. The van der Waals surface area contributed by atoms with Crippen LogP contribution in [0, 0.1) is 0 Å². The Bertz CT molecular complexity index is 639. The van der Waals surface area contributed by atoms with Crippen LogP contribution in [0.4, 0.5) is 0 Å². The molecule has 110 valence electrons. The second-order valence-corrected chi connectivity index (χ2v) is 5.96. The Labute approximate surface area is 130 Å². The van der Waals surface area contributed by atoms with Crippen LogP contribution in [0.2, 0.25) is 5.02 Å². The molecule has 2 aromatic carbocycles. The highest BCUT2D eigenvalue weighted by Gasteiger charge is 2.10. The lowest BCUT2D eigenvalue weighted by Gasteiger charge is -2.17. The standard InChI is InChI=1S/C18H20ClNO/c19-18-9-13(11-20)5-6-16(18)12-21-17-8-7-14-3-1-2-4-15(14)10-17/h5-10H,1-4,11-12,20H2. The largest absolute Gasteiger partial charge is 0.489 e. The highest BCUT2D eigenvalue weighted by Crippen LogP contribution is 2.26. The molecule has 0 aliphatic heterocycles. The van der Waals surface area contributed by atoms with Crippen molar-refractivity contribution in [2.75, 3.05) is 0 Å². The van der Waals surface area contributed by atoms with Gasteiger partial charge in [-0.3, -0.25) is 0 Å². The van der Waals surface area contributed by atoms with Crippen LogP contribution in [0.15, 0.2) is 36.4 Å². The average molecular weight is 302 g/mol. The molecule has 0 saturated heterocycles. The number of nitrogens with two attached hydrogens (primary N) is 1. The fraction of sp³-hybridized carbons (Fsp3) is 0.333. The summed E-state index contributed by atoms with van der Waals surface area (Å²) >= 11 is 6.25. The third-order valence-corrected chi connectivity index (χ3v) is 4.42. The number of benzene rings is 2. The molecule has 1 aliphatic carbocycles. The van der Waals surface area contributed by atoms with Crippen LogP contribution in [-0.2, 0) is 26.0 Å². The molecule has 0 atom stereocenters. The smallest absolute Gasteiger partial charge is 0.120 e.